The summed E-state index contributed by atoms with van der Waals surface area (Å²) in [6.45, 7) is 7.81. The lowest BCUT2D eigenvalue weighted by molar-refractivity contribution is -0.147. The Labute approximate surface area is 168 Å². The van der Waals surface area contributed by atoms with Crippen molar-refractivity contribution in [1.29, 1.82) is 0 Å². The van der Waals surface area contributed by atoms with Crippen molar-refractivity contribution < 1.29 is 14.6 Å². The maximum atomic E-state index is 12.1. The van der Waals surface area contributed by atoms with E-state index >= 15 is 0 Å². The lowest BCUT2D eigenvalue weighted by atomic mass is 9.79. The van der Waals surface area contributed by atoms with Crippen LogP contribution in [-0.2, 0) is 27.9 Å². The Morgan fingerprint density at radius 1 is 1.29 bits per heavy atom. The highest BCUT2D eigenvalue weighted by Gasteiger charge is 2.43. The molecule has 1 saturated heterocycles. The van der Waals surface area contributed by atoms with Gasteiger partial charge < -0.3 is 14.4 Å². The van der Waals surface area contributed by atoms with E-state index < -0.39 is 11.4 Å². The number of rotatable bonds is 5. The summed E-state index contributed by atoms with van der Waals surface area (Å²) in [4.78, 5) is 23.7. The summed E-state index contributed by atoms with van der Waals surface area (Å²) in [5.74, 6) is 0.254. The summed E-state index contributed by atoms with van der Waals surface area (Å²) in [7, 11) is 0. The third kappa shape index (κ3) is 3.12. The van der Waals surface area contributed by atoms with Crippen molar-refractivity contribution in [3.63, 3.8) is 0 Å². The predicted octanol–water partition coefficient (Wildman–Crippen LogP) is 3.85. The molecule has 3 aromatic rings. The van der Waals surface area contributed by atoms with Crippen LogP contribution in [0.2, 0.25) is 0 Å². The van der Waals surface area contributed by atoms with Gasteiger partial charge in [-0.3, -0.25) is 4.79 Å². The summed E-state index contributed by atoms with van der Waals surface area (Å²) < 4.78 is 7.58. The van der Waals surface area contributed by atoms with Gasteiger partial charge in [0, 0.05) is 35.1 Å². The Bertz CT molecular complexity index is 1030. The molecule has 1 fully saturated rings. The predicted molar refractivity (Wildman–Crippen MR) is 109 cm³/mol. The van der Waals surface area contributed by atoms with Crippen LogP contribution in [0.4, 0.5) is 0 Å². The normalized spacial score (nSPS) is 16.5. The quantitative estimate of drug-likeness (QED) is 0.705. The minimum absolute atomic E-state index is 0.494. The minimum atomic E-state index is -0.822. The monoisotopic (exact) mass is 399 g/mol. The molecular weight excluding hydrogens is 374 g/mol. The molecule has 1 N–H and O–H groups in total. The van der Waals surface area contributed by atoms with Crippen molar-refractivity contribution in [2.24, 2.45) is 0 Å². The Balaban J connectivity index is 1.72. The van der Waals surface area contributed by atoms with Crippen LogP contribution in [-0.4, -0.2) is 38.8 Å². The van der Waals surface area contributed by atoms with Crippen LogP contribution < -0.4 is 0 Å². The van der Waals surface area contributed by atoms with E-state index in [2.05, 4.69) is 24.5 Å². The van der Waals surface area contributed by atoms with Crippen LogP contribution >= 0.6 is 11.3 Å². The second kappa shape index (κ2) is 7.29. The lowest BCUT2D eigenvalue weighted by Crippen LogP contribution is -2.40. The van der Waals surface area contributed by atoms with Gasteiger partial charge >= 0.3 is 5.97 Å². The Morgan fingerprint density at radius 2 is 2.04 bits per heavy atom. The molecule has 4 heterocycles. The first kappa shape index (κ1) is 19.1. The molecule has 7 heteroatoms. The topological polar surface area (TPSA) is 77.2 Å². The van der Waals surface area contributed by atoms with Crippen molar-refractivity contribution >= 4 is 28.5 Å². The second-order valence-electron chi connectivity index (χ2n) is 7.49. The van der Waals surface area contributed by atoms with Gasteiger partial charge in [0.25, 0.3) is 0 Å². The summed E-state index contributed by atoms with van der Waals surface area (Å²) in [6, 6.07) is 6.09. The maximum absolute atomic E-state index is 12.1. The van der Waals surface area contributed by atoms with E-state index in [0.29, 0.717) is 32.6 Å². The van der Waals surface area contributed by atoms with E-state index in [0.717, 1.165) is 44.4 Å². The highest BCUT2D eigenvalue weighted by molar-refractivity contribution is 7.12. The fourth-order valence-electron chi connectivity index (χ4n) is 4.05. The highest BCUT2D eigenvalue weighted by Crippen LogP contribution is 2.39. The van der Waals surface area contributed by atoms with Crippen LogP contribution in [0.5, 0.6) is 0 Å². The number of pyridine rings is 1. The van der Waals surface area contributed by atoms with E-state index in [9.17, 15) is 9.90 Å². The molecule has 148 valence electrons. The van der Waals surface area contributed by atoms with Crippen LogP contribution in [0.25, 0.3) is 11.2 Å². The smallest absolute Gasteiger partial charge is 0.315 e. The zero-order valence-electron chi connectivity index (χ0n) is 16.5. The molecule has 0 aromatic carbocycles. The van der Waals surface area contributed by atoms with Crippen molar-refractivity contribution in [3.8, 4) is 0 Å². The summed E-state index contributed by atoms with van der Waals surface area (Å²) >= 11 is 1.59. The molecule has 4 rings (SSSR count). The van der Waals surface area contributed by atoms with Crippen LogP contribution in [0.15, 0.2) is 18.2 Å². The third-order valence-corrected chi connectivity index (χ3v) is 6.89. The van der Waals surface area contributed by atoms with Crippen molar-refractivity contribution in [2.45, 2.75) is 52.0 Å². The molecule has 0 radical (unpaired) electrons. The Kier molecular flexibility index (Phi) is 4.97. The number of ether oxygens (including phenoxy) is 1. The fraction of sp³-hybridized carbons (Fsp3) is 0.476. The molecule has 0 saturated carbocycles. The third-order valence-electron chi connectivity index (χ3n) is 5.62. The largest absolute Gasteiger partial charge is 0.481 e. The molecule has 0 bridgehead atoms. The second-order valence-corrected chi connectivity index (χ2v) is 8.65. The maximum Gasteiger partial charge on any atom is 0.315 e. The number of aromatic nitrogens is 3. The number of hydrogen-bond donors (Lipinski definition) is 1. The average molecular weight is 400 g/mol. The first-order chi connectivity index (χ1) is 13.4. The number of nitrogens with zero attached hydrogens (tertiary/aromatic N) is 3. The zero-order valence-corrected chi connectivity index (χ0v) is 17.3. The molecule has 0 unspecified atom stereocenters. The molecule has 1 aliphatic heterocycles. The number of thiophene rings is 1. The standard InChI is InChI=1S/C21H25N3O3S/c1-4-17-23-18-13(2)11-14(3)22-19(18)24(17)12-15-5-6-16(28-15)21(20(25)26)7-9-27-10-8-21/h5-6,11H,4,7-10,12H2,1-3H3,(H,25,26). The van der Waals surface area contributed by atoms with Gasteiger partial charge in [0.1, 0.15) is 16.8 Å². The molecule has 0 amide bonds. The molecule has 6 nitrogen and oxygen atoms in total. The number of aryl methyl sites for hydroxylation is 3. The van der Waals surface area contributed by atoms with Gasteiger partial charge in [0.15, 0.2) is 5.65 Å². The van der Waals surface area contributed by atoms with Crippen molar-refractivity contribution in [2.75, 3.05) is 13.2 Å². The first-order valence-corrected chi connectivity index (χ1v) is 10.5. The molecule has 0 aliphatic carbocycles. The number of imidazole rings is 1. The molecule has 3 aromatic heterocycles. The molecule has 1 aliphatic rings. The number of carboxylic acids is 1. The first-order valence-electron chi connectivity index (χ1n) is 9.68. The van der Waals surface area contributed by atoms with Crippen LogP contribution in [0.3, 0.4) is 0 Å². The summed E-state index contributed by atoms with van der Waals surface area (Å²) in [6.07, 6.45) is 1.87. The van der Waals surface area contributed by atoms with Gasteiger partial charge in [-0.25, -0.2) is 9.97 Å². The molecule has 0 atom stereocenters. The molecular formula is C21H25N3O3S. The van der Waals surface area contributed by atoms with Crippen molar-refractivity contribution in [1.82, 2.24) is 14.5 Å². The molecule has 0 spiro atoms. The van der Waals surface area contributed by atoms with Crippen LogP contribution in [0, 0.1) is 13.8 Å². The number of fused-ring (bicyclic) bond motifs is 1. The lowest BCUT2D eigenvalue weighted by Gasteiger charge is -2.32. The highest BCUT2D eigenvalue weighted by atomic mass is 32.1. The Morgan fingerprint density at radius 3 is 2.71 bits per heavy atom. The Hall–Kier alpha value is -2.25. The van der Waals surface area contributed by atoms with Gasteiger partial charge in [-0.05, 0) is 50.5 Å². The number of carbonyl (C=O) groups is 1. The minimum Gasteiger partial charge on any atom is -0.481 e. The van der Waals surface area contributed by atoms with Gasteiger partial charge in [-0.2, -0.15) is 0 Å². The van der Waals surface area contributed by atoms with Gasteiger partial charge in [-0.1, -0.05) is 6.92 Å². The van der Waals surface area contributed by atoms with Gasteiger partial charge in [0.05, 0.1) is 6.54 Å². The number of carboxylic acid groups (broad SMARTS) is 1. The van der Waals surface area contributed by atoms with E-state index in [-0.39, 0.29) is 0 Å². The van der Waals surface area contributed by atoms with E-state index in [1.807, 2.05) is 19.1 Å². The summed E-state index contributed by atoms with van der Waals surface area (Å²) in [5.41, 5.74) is 3.15. The number of aliphatic carboxylic acids is 1. The summed E-state index contributed by atoms with van der Waals surface area (Å²) in [5, 5.41) is 9.92. The SMILES string of the molecule is CCc1nc2c(C)cc(C)nc2n1Cc1ccc(C2(C(=O)O)CCOCC2)s1. The van der Waals surface area contributed by atoms with Gasteiger partial charge in [0.2, 0.25) is 0 Å². The molecule has 28 heavy (non-hydrogen) atoms. The average Bonchev–Trinajstić information content (AvgIpc) is 3.28. The number of hydrogen-bond acceptors (Lipinski definition) is 5. The van der Waals surface area contributed by atoms with E-state index in [4.69, 9.17) is 14.7 Å². The zero-order chi connectivity index (χ0) is 19.9. The van der Waals surface area contributed by atoms with Crippen LogP contribution in [0.1, 0.15) is 46.6 Å². The van der Waals surface area contributed by atoms with Gasteiger partial charge in [-0.15, -0.1) is 11.3 Å². The van der Waals surface area contributed by atoms with E-state index in [1.165, 1.54) is 0 Å². The van der Waals surface area contributed by atoms with Crippen molar-refractivity contribution in [3.05, 3.63) is 45.0 Å². The van der Waals surface area contributed by atoms with E-state index in [1.54, 1.807) is 11.3 Å². The fourth-order valence-corrected chi connectivity index (χ4v) is 5.28.